The molecule has 6 heteroatoms. The SMILES string of the molecule is CN[C@H](C(=O)N[C@@H](Cc1ccc(O)c(C(C)(C)C)c1)C(N)=O)c1ccccc1. The van der Waals surface area contributed by atoms with Gasteiger partial charge in [0.1, 0.15) is 17.8 Å². The molecule has 150 valence electrons. The van der Waals surface area contributed by atoms with E-state index in [-0.39, 0.29) is 23.5 Å². The minimum atomic E-state index is -0.857. The first-order valence-corrected chi connectivity index (χ1v) is 9.27. The normalized spacial score (nSPS) is 13.6. The molecule has 2 aromatic carbocycles. The number of phenolic OH excluding ortho intramolecular Hbond substituents is 1. The molecule has 28 heavy (non-hydrogen) atoms. The van der Waals surface area contributed by atoms with Gasteiger partial charge in [-0.2, -0.15) is 0 Å². The Bertz CT molecular complexity index is 829. The summed E-state index contributed by atoms with van der Waals surface area (Å²) in [6, 6.07) is 13.0. The summed E-state index contributed by atoms with van der Waals surface area (Å²) in [5, 5.41) is 15.8. The summed E-state index contributed by atoms with van der Waals surface area (Å²) in [5.74, 6) is -0.732. The Kier molecular flexibility index (Phi) is 6.80. The first-order chi connectivity index (χ1) is 13.1. The molecule has 0 unspecified atom stereocenters. The van der Waals surface area contributed by atoms with Crippen molar-refractivity contribution in [3.63, 3.8) is 0 Å². The van der Waals surface area contributed by atoms with Gasteiger partial charge >= 0.3 is 0 Å². The van der Waals surface area contributed by atoms with E-state index >= 15 is 0 Å². The Morgan fingerprint density at radius 3 is 2.29 bits per heavy atom. The second kappa shape index (κ2) is 8.89. The fraction of sp³-hybridized carbons (Fsp3) is 0.364. The molecule has 0 saturated carbocycles. The molecule has 0 aromatic heterocycles. The van der Waals surface area contributed by atoms with Crippen molar-refractivity contribution in [1.29, 1.82) is 0 Å². The van der Waals surface area contributed by atoms with Crippen molar-refractivity contribution in [3.05, 3.63) is 65.2 Å². The lowest BCUT2D eigenvalue weighted by molar-refractivity contribution is -0.128. The Hall–Kier alpha value is -2.86. The van der Waals surface area contributed by atoms with E-state index in [9.17, 15) is 14.7 Å². The monoisotopic (exact) mass is 383 g/mol. The van der Waals surface area contributed by atoms with Crippen LogP contribution in [0.5, 0.6) is 5.75 Å². The van der Waals surface area contributed by atoms with E-state index in [0.29, 0.717) is 0 Å². The highest BCUT2D eigenvalue weighted by atomic mass is 16.3. The van der Waals surface area contributed by atoms with Crippen molar-refractivity contribution in [1.82, 2.24) is 10.6 Å². The number of aromatic hydroxyl groups is 1. The number of primary amides is 1. The molecule has 0 aliphatic rings. The number of benzene rings is 2. The average Bonchev–Trinajstić information content (AvgIpc) is 2.63. The Balaban J connectivity index is 2.20. The van der Waals surface area contributed by atoms with Gasteiger partial charge in [-0.15, -0.1) is 0 Å². The largest absolute Gasteiger partial charge is 0.508 e. The van der Waals surface area contributed by atoms with E-state index in [0.717, 1.165) is 16.7 Å². The molecule has 2 aromatic rings. The number of amides is 2. The van der Waals surface area contributed by atoms with Crippen molar-refractivity contribution in [2.24, 2.45) is 5.73 Å². The van der Waals surface area contributed by atoms with Gasteiger partial charge in [-0.25, -0.2) is 0 Å². The number of carbonyl (C=O) groups is 2. The summed E-state index contributed by atoms with van der Waals surface area (Å²) >= 11 is 0. The Labute approximate surface area is 166 Å². The van der Waals surface area contributed by atoms with Gasteiger partial charge in [-0.1, -0.05) is 63.2 Å². The quantitative estimate of drug-likeness (QED) is 0.588. The Morgan fingerprint density at radius 1 is 1.11 bits per heavy atom. The predicted molar refractivity (Wildman–Crippen MR) is 110 cm³/mol. The minimum Gasteiger partial charge on any atom is -0.508 e. The summed E-state index contributed by atoms with van der Waals surface area (Å²) < 4.78 is 0. The van der Waals surface area contributed by atoms with E-state index in [1.165, 1.54) is 0 Å². The molecule has 0 spiro atoms. The molecular formula is C22H29N3O3. The zero-order valence-corrected chi connectivity index (χ0v) is 16.8. The first-order valence-electron chi connectivity index (χ1n) is 9.27. The molecule has 0 aliphatic carbocycles. The van der Waals surface area contributed by atoms with Crippen LogP contribution in [0.25, 0.3) is 0 Å². The molecule has 0 saturated heterocycles. The second-order valence-electron chi connectivity index (χ2n) is 7.90. The minimum absolute atomic E-state index is 0.204. The van der Waals surface area contributed by atoms with E-state index < -0.39 is 18.0 Å². The lowest BCUT2D eigenvalue weighted by Gasteiger charge is -2.23. The number of phenols is 1. The fourth-order valence-electron chi connectivity index (χ4n) is 3.12. The maximum atomic E-state index is 12.7. The molecule has 0 heterocycles. The zero-order chi connectivity index (χ0) is 20.9. The number of hydrogen-bond donors (Lipinski definition) is 4. The average molecular weight is 383 g/mol. The number of hydrogen-bond acceptors (Lipinski definition) is 4. The number of rotatable bonds is 7. The molecule has 0 aliphatic heterocycles. The number of carbonyl (C=O) groups excluding carboxylic acids is 2. The molecular weight excluding hydrogens is 354 g/mol. The summed E-state index contributed by atoms with van der Waals surface area (Å²) in [6.45, 7) is 5.99. The van der Waals surface area contributed by atoms with Crippen molar-refractivity contribution in [2.75, 3.05) is 7.05 Å². The van der Waals surface area contributed by atoms with Crippen LogP contribution < -0.4 is 16.4 Å². The summed E-state index contributed by atoms with van der Waals surface area (Å²) in [7, 11) is 1.69. The third kappa shape index (κ3) is 5.33. The second-order valence-corrected chi connectivity index (χ2v) is 7.90. The van der Waals surface area contributed by atoms with Crippen LogP contribution in [0.3, 0.4) is 0 Å². The Morgan fingerprint density at radius 2 is 1.75 bits per heavy atom. The van der Waals surface area contributed by atoms with E-state index in [1.807, 2.05) is 57.2 Å². The number of nitrogens with one attached hydrogen (secondary N) is 2. The van der Waals surface area contributed by atoms with Crippen LogP contribution in [0.4, 0.5) is 0 Å². The van der Waals surface area contributed by atoms with Crippen LogP contribution in [0.2, 0.25) is 0 Å². The van der Waals surface area contributed by atoms with Gasteiger partial charge in [-0.3, -0.25) is 9.59 Å². The summed E-state index contributed by atoms with van der Waals surface area (Å²) in [5.41, 5.74) is 7.67. The molecule has 6 nitrogen and oxygen atoms in total. The number of likely N-dealkylation sites (N-methyl/N-ethyl adjacent to an activating group) is 1. The van der Waals surface area contributed by atoms with Crippen molar-refractivity contribution >= 4 is 11.8 Å². The first kappa shape index (κ1) is 21.4. The van der Waals surface area contributed by atoms with Crippen LogP contribution in [0.1, 0.15) is 43.5 Å². The molecule has 0 radical (unpaired) electrons. The lowest BCUT2D eigenvalue weighted by Crippen LogP contribution is -2.49. The van der Waals surface area contributed by atoms with E-state index in [2.05, 4.69) is 10.6 Å². The van der Waals surface area contributed by atoms with E-state index in [1.54, 1.807) is 19.2 Å². The zero-order valence-electron chi connectivity index (χ0n) is 16.8. The van der Waals surface area contributed by atoms with Gasteiger partial charge in [0.05, 0.1) is 0 Å². The van der Waals surface area contributed by atoms with Crippen molar-refractivity contribution in [2.45, 2.75) is 44.7 Å². The summed E-state index contributed by atoms with van der Waals surface area (Å²) in [6.07, 6.45) is 0.246. The maximum absolute atomic E-state index is 12.7. The summed E-state index contributed by atoms with van der Waals surface area (Å²) in [4.78, 5) is 24.7. The molecule has 0 bridgehead atoms. The van der Waals surface area contributed by atoms with Crippen LogP contribution in [-0.4, -0.2) is 30.0 Å². The lowest BCUT2D eigenvalue weighted by atomic mass is 9.84. The topological polar surface area (TPSA) is 104 Å². The van der Waals surface area contributed by atoms with E-state index in [4.69, 9.17) is 5.73 Å². The third-order valence-corrected chi connectivity index (χ3v) is 4.65. The maximum Gasteiger partial charge on any atom is 0.242 e. The molecule has 2 atom stereocenters. The molecule has 5 N–H and O–H groups in total. The molecule has 2 rings (SSSR count). The fourth-order valence-corrected chi connectivity index (χ4v) is 3.12. The van der Waals surface area contributed by atoms with Crippen molar-refractivity contribution < 1.29 is 14.7 Å². The smallest absolute Gasteiger partial charge is 0.242 e. The van der Waals surface area contributed by atoms with Crippen LogP contribution >= 0.6 is 0 Å². The molecule has 0 fully saturated rings. The van der Waals surface area contributed by atoms with Gasteiger partial charge in [-0.05, 0) is 35.2 Å². The van der Waals surface area contributed by atoms with Gasteiger partial charge in [0.15, 0.2) is 0 Å². The van der Waals surface area contributed by atoms with Gasteiger partial charge in [0.25, 0.3) is 0 Å². The van der Waals surface area contributed by atoms with Gasteiger partial charge in [0, 0.05) is 6.42 Å². The predicted octanol–water partition coefficient (Wildman–Crippen LogP) is 2.16. The highest BCUT2D eigenvalue weighted by molar-refractivity contribution is 5.89. The van der Waals surface area contributed by atoms with Crippen LogP contribution in [0, 0.1) is 0 Å². The van der Waals surface area contributed by atoms with Gasteiger partial charge in [0.2, 0.25) is 11.8 Å². The van der Waals surface area contributed by atoms with Gasteiger partial charge < -0.3 is 21.5 Å². The highest BCUT2D eigenvalue weighted by Gasteiger charge is 2.25. The molecule has 2 amide bonds. The van der Waals surface area contributed by atoms with Crippen LogP contribution in [0.15, 0.2) is 48.5 Å². The standard InChI is InChI=1S/C22H29N3O3/c1-22(2,3)16-12-14(10-11-18(16)26)13-17(20(23)27)25-21(28)19(24-4)15-8-6-5-7-9-15/h5-12,17,19,24,26H,13H2,1-4H3,(H2,23,27)(H,25,28)/t17-,19-/m0/s1. The number of nitrogens with two attached hydrogens (primary N) is 1. The van der Waals surface area contributed by atoms with Crippen molar-refractivity contribution in [3.8, 4) is 5.75 Å². The highest BCUT2D eigenvalue weighted by Crippen LogP contribution is 2.31. The van der Waals surface area contributed by atoms with Crippen LogP contribution in [-0.2, 0) is 21.4 Å². The third-order valence-electron chi connectivity index (χ3n) is 4.65.